The van der Waals surface area contributed by atoms with Crippen molar-refractivity contribution in [2.45, 2.75) is 46.1 Å². The number of hydrogen-bond acceptors (Lipinski definition) is 2. The van der Waals surface area contributed by atoms with Gasteiger partial charge in [0.1, 0.15) is 0 Å². The molecule has 0 radical (unpaired) electrons. The summed E-state index contributed by atoms with van der Waals surface area (Å²) in [5.41, 5.74) is 0.216. The number of rotatable bonds is 5. The molecule has 0 saturated heterocycles. The fourth-order valence-corrected chi connectivity index (χ4v) is 2.20. The summed E-state index contributed by atoms with van der Waals surface area (Å²) < 4.78 is 5.53. The molecule has 1 N–H and O–H groups in total. The summed E-state index contributed by atoms with van der Waals surface area (Å²) >= 11 is 0. The second kappa shape index (κ2) is 6.41. The minimum atomic E-state index is 0.216. The van der Waals surface area contributed by atoms with Gasteiger partial charge in [0.05, 0.1) is 6.10 Å². The van der Waals surface area contributed by atoms with Crippen LogP contribution < -0.4 is 5.32 Å². The van der Waals surface area contributed by atoms with Gasteiger partial charge in [-0.05, 0) is 37.1 Å². The minimum Gasteiger partial charge on any atom is -0.380 e. The average Bonchev–Trinajstić information content (AvgIpc) is 2.24. The van der Waals surface area contributed by atoms with Crippen LogP contribution in [0.3, 0.4) is 0 Å². The normalized spacial score (nSPS) is 23.4. The lowest BCUT2D eigenvalue weighted by molar-refractivity contribution is 0.0170. The van der Waals surface area contributed by atoms with Gasteiger partial charge < -0.3 is 10.1 Å². The van der Waals surface area contributed by atoms with Crippen LogP contribution in [0.4, 0.5) is 0 Å². The van der Waals surface area contributed by atoms with Gasteiger partial charge in [-0.1, -0.05) is 32.9 Å². The zero-order valence-corrected chi connectivity index (χ0v) is 11.3. The summed E-state index contributed by atoms with van der Waals surface area (Å²) in [5.74, 6) is 0.822. The van der Waals surface area contributed by atoms with Crippen molar-refractivity contribution in [2.75, 3.05) is 20.2 Å². The number of ether oxygens (including phenoxy) is 1. The highest BCUT2D eigenvalue weighted by atomic mass is 16.5. The molecule has 1 rings (SSSR count). The van der Waals surface area contributed by atoms with E-state index in [0.717, 1.165) is 19.0 Å². The van der Waals surface area contributed by atoms with E-state index in [-0.39, 0.29) is 5.41 Å². The van der Waals surface area contributed by atoms with Gasteiger partial charge >= 0.3 is 0 Å². The first kappa shape index (κ1) is 13.7. The SMILES string of the molecule is COC(CNCC1CC=CCC1)C(C)(C)C. The largest absolute Gasteiger partial charge is 0.380 e. The highest BCUT2D eigenvalue weighted by Crippen LogP contribution is 2.21. The van der Waals surface area contributed by atoms with E-state index in [1.165, 1.54) is 19.3 Å². The lowest BCUT2D eigenvalue weighted by atomic mass is 9.88. The monoisotopic (exact) mass is 225 g/mol. The lowest BCUT2D eigenvalue weighted by Crippen LogP contribution is -2.39. The zero-order chi connectivity index (χ0) is 12.0. The first-order chi connectivity index (χ1) is 7.54. The molecule has 2 atom stereocenters. The Balaban J connectivity index is 2.20. The van der Waals surface area contributed by atoms with Crippen LogP contribution in [0.1, 0.15) is 40.0 Å². The third-order valence-corrected chi connectivity index (χ3v) is 3.39. The second-order valence-corrected chi connectivity index (χ2v) is 5.90. The maximum absolute atomic E-state index is 5.53. The van der Waals surface area contributed by atoms with Crippen molar-refractivity contribution in [1.82, 2.24) is 5.32 Å². The highest BCUT2D eigenvalue weighted by molar-refractivity contribution is 4.90. The molecule has 0 fully saturated rings. The molecule has 0 amide bonds. The lowest BCUT2D eigenvalue weighted by Gasteiger charge is -2.30. The molecular formula is C14H27NO. The van der Waals surface area contributed by atoms with E-state index in [9.17, 15) is 0 Å². The van der Waals surface area contributed by atoms with E-state index < -0.39 is 0 Å². The Labute approximate surface area is 100 Å². The first-order valence-electron chi connectivity index (χ1n) is 6.42. The molecule has 0 aromatic carbocycles. The molecule has 1 aliphatic carbocycles. The van der Waals surface area contributed by atoms with Crippen LogP contribution in [-0.2, 0) is 4.74 Å². The van der Waals surface area contributed by atoms with E-state index in [0.29, 0.717) is 6.10 Å². The summed E-state index contributed by atoms with van der Waals surface area (Å²) in [6.45, 7) is 8.77. The Bertz CT molecular complexity index is 217. The first-order valence-corrected chi connectivity index (χ1v) is 6.42. The van der Waals surface area contributed by atoms with Crippen molar-refractivity contribution < 1.29 is 4.74 Å². The van der Waals surface area contributed by atoms with Gasteiger partial charge in [-0.15, -0.1) is 0 Å². The summed E-state index contributed by atoms with van der Waals surface area (Å²) in [7, 11) is 1.81. The second-order valence-electron chi connectivity index (χ2n) is 5.90. The molecule has 0 aromatic heterocycles. The summed E-state index contributed by atoms with van der Waals surface area (Å²) in [4.78, 5) is 0. The van der Waals surface area contributed by atoms with Crippen LogP contribution in [0.25, 0.3) is 0 Å². The van der Waals surface area contributed by atoms with Gasteiger partial charge in [-0.25, -0.2) is 0 Å². The zero-order valence-electron chi connectivity index (χ0n) is 11.3. The van der Waals surface area contributed by atoms with Crippen molar-refractivity contribution in [1.29, 1.82) is 0 Å². The minimum absolute atomic E-state index is 0.216. The standard InChI is InChI=1S/C14H27NO/c1-14(2,3)13(16-4)11-15-10-12-8-6-5-7-9-12/h5-6,12-13,15H,7-11H2,1-4H3. The quantitative estimate of drug-likeness (QED) is 0.726. The third-order valence-electron chi connectivity index (χ3n) is 3.39. The van der Waals surface area contributed by atoms with Gasteiger partial charge in [-0.3, -0.25) is 0 Å². The van der Waals surface area contributed by atoms with Gasteiger partial charge in [0, 0.05) is 13.7 Å². The van der Waals surface area contributed by atoms with E-state index in [1.54, 1.807) is 7.11 Å². The average molecular weight is 225 g/mol. The maximum atomic E-state index is 5.53. The van der Waals surface area contributed by atoms with Crippen molar-refractivity contribution >= 4 is 0 Å². The molecule has 0 saturated carbocycles. The smallest absolute Gasteiger partial charge is 0.0743 e. The Morgan fingerprint density at radius 3 is 2.62 bits per heavy atom. The summed E-state index contributed by atoms with van der Waals surface area (Å²) in [6.07, 6.45) is 8.72. The molecule has 0 spiro atoms. The van der Waals surface area contributed by atoms with E-state index >= 15 is 0 Å². The van der Waals surface area contributed by atoms with Crippen LogP contribution in [0.15, 0.2) is 12.2 Å². The van der Waals surface area contributed by atoms with Crippen LogP contribution in [0.2, 0.25) is 0 Å². The Morgan fingerprint density at radius 1 is 1.38 bits per heavy atom. The molecule has 0 aliphatic heterocycles. The molecule has 2 unspecified atom stereocenters. The van der Waals surface area contributed by atoms with Gasteiger partial charge in [0.25, 0.3) is 0 Å². The number of allylic oxidation sites excluding steroid dienone is 2. The molecule has 0 heterocycles. The van der Waals surface area contributed by atoms with Crippen molar-refractivity contribution in [2.24, 2.45) is 11.3 Å². The highest BCUT2D eigenvalue weighted by Gasteiger charge is 2.24. The van der Waals surface area contributed by atoms with Crippen LogP contribution in [-0.4, -0.2) is 26.3 Å². The van der Waals surface area contributed by atoms with Gasteiger partial charge in [0.15, 0.2) is 0 Å². The maximum Gasteiger partial charge on any atom is 0.0743 e. The van der Waals surface area contributed by atoms with Crippen molar-refractivity contribution in [3.63, 3.8) is 0 Å². The fraction of sp³-hybridized carbons (Fsp3) is 0.857. The van der Waals surface area contributed by atoms with E-state index in [1.807, 2.05) is 0 Å². The van der Waals surface area contributed by atoms with Crippen molar-refractivity contribution in [3.05, 3.63) is 12.2 Å². The molecule has 0 bridgehead atoms. The Kier molecular flexibility index (Phi) is 5.50. The molecule has 1 aliphatic rings. The fourth-order valence-electron chi connectivity index (χ4n) is 2.20. The van der Waals surface area contributed by atoms with E-state index in [4.69, 9.17) is 4.74 Å². The molecule has 94 valence electrons. The van der Waals surface area contributed by atoms with E-state index in [2.05, 4.69) is 38.2 Å². The molecular weight excluding hydrogens is 198 g/mol. The summed E-state index contributed by atoms with van der Waals surface area (Å²) in [6, 6.07) is 0. The Hall–Kier alpha value is -0.340. The Morgan fingerprint density at radius 2 is 2.12 bits per heavy atom. The number of hydrogen-bond donors (Lipinski definition) is 1. The molecule has 2 nitrogen and oxygen atoms in total. The predicted molar refractivity (Wildman–Crippen MR) is 69.6 cm³/mol. The van der Waals surface area contributed by atoms with Crippen LogP contribution >= 0.6 is 0 Å². The third kappa shape index (κ3) is 4.67. The van der Waals surface area contributed by atoms with Crippen LogP contribution in [0, 0.1) is 11.3 Å². The van der Waals surface area contributed by atoms with Gasteiger partial charge in [-0.2, -0.15) is 0 Å². The molecule has 2 heteroatoms. The molecule has 16 heavy (non-hydrogen) atoms. The van der Waals surface area contributed by atoms with Gasteiger partial charge in [0.2, 0.25) is 0 Å². The number of methoxy groups -OCH3 is 1. The molecule has 0 aromatic rings. The van der Waals surface area contributed by atoms with Crippen molar-refractivity contribution in [3.8, 4) is 0 Å². The topological polar surface area (TPSA) is 21.3 Å². The van der Waals surface area contributed by atoms with Crippen LogP contribution in [0.5, 0.6) is 0 Å². The predicted octanol–water partition coefficient (Wildman–Crippen LogP) is 2.99. The summed E-state index contributed by atoms with van der Waals surface area (Å²) in [5, 5.41) is 3.55. The number of nitrogens with one attached hydrogen (secondary N) is 1.